The third-order valence-electron chi connectivity index (χ3n) is 2.85. The fourth-order valence-electron chi connectivity index (χ4n) is 1.77. The zero-order valence-corrected chi connectivity index (χ0v) is 10.6. The van der Waals surface area contributed by atoms with Crippen molar-refractivity contribution in [2.75, 3.05) is 5.32 Å². The van der Waals surface area contributed by atoms with Gasteiger partial charge in [-0.3, -0.25) is 0 Å². The summed E-state index contributed by atoms with van der Waals surface area (Å²) in [5.74, 6) is -10.3. The number of nitrogens with zero attached hydrogens (tertiary/aromatic N) is 1. The molecule has 0 radical (unpaired) electrons. The van der Waals surface area contributed by atoms with Crippen LogP contribution in [0.1, 0.15) is 11.1 Å². The Morgan fingerprint density at radius 2 is 1.38 bits per heavy atom. The lowest BCUT2D eigenvalue weighted by atomic mass is 10.1. The van der Waals surface area contributed by atoms with Gasteiger partial charge in [0, 0.05) is 0 Å². The fraction of sp³-hybridized carbons (Fsp3) is 0.0714. The van der Waals surface area contributed by atoms with E-state index in [1.54, 1.807) is 6.07 Å². The molecule has 108 valence electrons. The number of benzene rings is 2. The monoisotopic (exact) mass is 298 g/mol. The Morgan fingerprint density at radius 1 is 0.857 bits per heavy atom. The summed E-state index contributed by atoms with van der Waals surface area (Å²) in [6.45, 7) is 1.52. The lowest BCUT2D eigenvalue weighted by molar-refractivity contribution is 0.382. The minimum absolute atomic E-state index is 0.0129. The molecule has 0 saturated carbocycles. The van der Waals surface area contributed by atoms with Crippen molar-refractivity contribution >= 4 is 11.4 Å². The van der Waals surface area contributed by atoms with E-state index in [4.69, 9.17) is 5.26 Å². The van der Waals surface area contributed by atoms with Crippen LogP contribution in [-0.4, -0.2) is 0 Å². The third-order valence-corrected chi connectivity index (χ3v) is 2.85. The second kappa shape index (κ2) is 5.40. The smallest absolute Gasteiger partial charge is 0.200 e. The van der Waals surface area contributed by atoms with Crippen molar-refractivity contribution in [1.29, 1.82) is 5.26 Å². The molecule has 2 aromatic rings. The number of rotatable bonds is 2. The van der Waals surface area contributed by atoms with E-state index in [1.807, 2.05) is 0 Å². The molecule has 1 N–H and O–H groups in total. The SMILES string of the molecule is Cc1cccc(C#N)c1Nc1c(F)c(F)c(F)c(F)c1F. The highest BCUT2D eigenvalue weighted by Crippen LogP contribution is 2.32. The lowest BCUT2D eigenvalue weighted by Crippen LogP contribution is -2.08. The molecule has 0 aliphatic rings. The zero-order valence-electron chi connectivity index (χ0n) is 10.6. The lowest BCUT2D eigenvalue weighted by Gasteiger charge is -2.14. The number of para-hydroxylation sites is 1. The Bertz CT molecular complexity index is 736. The van der Waals surface area contributed by atoms with Crippen molar-refractivity contribution in [3.8, 4) is 6.07 Å². The topological polar surface area (TPSA) is 35.8 Å². The van der Waals surface area contributed by atoms with E-state index in [0.29, 0.717) is 5.56 Å². The minimum Gasteiger partial charge on any atom is -0.349 e. The molecule has 0 unspecified atom stereocenters. The Morgan fingerprint density at radius 3 is 1.90 bits per heavy atom. The van der Waals surface area contributed by atoms with E-state index in [9.17, 15) is 22.0 Å². The first-order valence-corrected chi connectivity index (χ1v) is 5.66. The predicted octanol–water partition coefficient (Wildman–Crippen LogP) is 4.31. The standard InChI is InChI=1S/C14H7F5N2/c1-6-3-2-4-7(5-20)13(6)21-14-11(18)9(16)8(15)10(17)12(14)19/h2-4,21H,1H3. The van der Waals surface area contributed by atoms with Crippen LogP contribution >= 0.6 is 0 Å². The molecule has 2 aromatic carbocycles. The minimum atomic E-state index is -2.24. The number of anilines is 2. The van der Waals surface area contributed by atoms with Gasteiger partial charge in [-0.2, -0.15) is 5.26 Å². The first-order valence-electron chi connectivity index (χ1n) is 5.66. The molecule has 0 saturated heterocycles. The normalized spacial score (nSPS) is 10.3. The van der Waals surface area contributed by atoms with Crippen molar-refractivity contribution < 1.29 is 22.0 Å². The van der Waals surface area contributed by atoms with Gasteiger partial charge in [0.2, 0.25) is 5.82 Å². The van der Waals surface area contributed by atoms with Crippen molar-refractivity contribution in [3.63, 3.8) is 0 Å². The second-order valence-electron chi connectivity index (χ2n) is 4.18. The van der Waals surface area contributed by atoms with Gasteiger partial charge in [0.05, 0.1) is 11.3 Å². The van der Waals surface area contributed by atoms with Gasteiger partial charge in [-0.05, 0) is 18.6 Å². The van der Waals surface area contributed by atoms with Gasteiger partial charge >= 0.3 is 0 Å². The summed E-state index contributed by atoms with van der Waals surface area (Å²) in [5.41, 5.74) is -0.794. The summed E-state index contributed by atoms with van der Waals surface area (Å²) in [6, 6.07) is 6.16. The number of halogens is 5. The highest BCUT2D eigenvalue weighted by Gasteiger charge is 2.26. The van der Waals surface area contributed by atoms with Crippen LogP contribution in [0.2, 0.25) is 0 Å². The van der Waals surface area contributed by atoms with E-state index in [1.165, 1.54) is 25.1 Å². The average molecular weight is 298 g/mol. The van der Waals surface area contributed by atoms with Gasteiger partial charge < -0.3 is 5.32 Å². The van der Waals surface area contributed by atoms with Gasteiger partial charge in [0.1, 0.15) is 11.8 Å². The Balaban J connectivity index is 2.64. The zero-order chi connectivity index (χ0) is 15.7. The Kier molecular flexibility index (Phi) is 3.80. The third kappa shape index (κ3) is 2.40. The maximum atomic E-state index is 13.6. The predicted molar refractivity (Wildman–Crippen MR) is 65.4 cm³/mol. The number of hydrogen-bond donors (Lipinski definition) is 1. The van der Waals surface area contributed by atoms with Crippen LogP contribution < -0.4 is 5.32 Å². The number of nitrogens with one attached hydrogen (secondary N) is 1. The van der Waals surface area contributed by atoms with Crippen LogP contribution in [0.15, 0.2) is 18.2 Å². The van der Waals surface area contributed by atoms with E-state index in [-0.39, 0.29) is 11.3 Å². The summed E-state index contributed by atoms with van der Waals surface area (Å²) in [7, 11) is 0. The Hall–Kier alpha value is -2.62. The number of nitriles is 1. The van der Waals surface area contributed by atoms with Crippen molar-refractivity contribution in [3.05, 3.63) is 58.4 Å². The molecule has 0 aliphatic carbocycles. The van der Waals surface area contributed by atoms with E-state index >= 15 is 0 Å². The second-order valence-corrected chi connectivity index (χ2v) is 4.18. The first-order chi connectivity index (χ1) is 9.88. The number of hydrogen-bond acceptors (Lipinski definition) is 2. The summed E-state index contributed by atoms with van der Waals surface area (Å²) in [5, 5.41) is 11.0. The molecule has 0 atom stereocenters. The molecule has 21 heavy (non-hydrogen) atoms. The molecule has 0 fully saturated rings. The quantitative estimate of drug-likeness (QED) is 0.509. The van der Waals surface area contributed by atoms with Gasteiger partial charge in [-0.15, -0.1) is 0 Å². The maximum Gasteiger partial charge on any atom is 0.200 e. The average Bonchev–Trinajstić information content (AvgIpc) is 2.48. The van der Waals surface area contributed by atoms with Gasteiger partial charge in [0.15, 0.2) is 23.3 Å². The van der Waals surface area contributed by atoms with Gasteiger partial charge in [-0.25, -0.2) is 22.0 Å². The van der Waals surface area contributed by atoms with E-state index in [0.717, 1.165) is 0 Å². The highest BCUT2D eigenvalue weighted by atomic mass is 19.2. The van der Waals surface area contributed by atoms with Crippen molar-refractivity contribution in [2.45, 2.75) is 6.92 Å². The summed E-state index contributed by atoms with van der Waals surface area (Å²) >= 11 is 0. The molecular formula is C14H7F5N2. The van der Waals surface area contributed by atoms with Crippen molar-refractivity contribution in [2.24, 2.45) is 0 Å². The highest BCUT2D eigenvalue weighted by molar-refractivity contribution is 5.70. The van der Waals surface area contributed by atoms with E-state index < -0.39 is 34.8 Å². The number of aryl methyl sites for hydroxylation is 1. The molecule has 0 heterocycles. The first kappa shape index (κ1) is 14.8. The van der Waals surface area contributed by atoms with Gasteiger partial charge in [-0.1, -0.05) is 12.1 Å². The molecule has 0 bridgehead atoms. The molecule has 0 aromatic heterocycles. The molecule has 7 heteroatoms. The molecular weight excluding hydrogens is 291 g/mol. The Labute approximate surface area is 116 Å². The van der Waals surface area contributed by atoms with Crippen LogP contribution in [0.5, 0.6) is 0 Å². The van der Waals surface area contributed by atoms with Crippen LogP contribution in [0.3, 0.4) is 0 Å². The molecule has 0 amide bonds. The van der Waals surface area contributed by atoms with Gasteiger partial charge in [0.25, 0.3) is 0 Å². The van der Waals surface area contributed by atoms with Crippen molar-refractivity contribution in [1.82, 2.24) is 0 Å². The molecule has 2 rings (SSSR count). The largest absolute Gasteiger partial charge is 0.349 e. The molecule has 2 nitrogen and oxygen atoms in total. The van der Waals surface area contributed by atoms with Crippen LogP contribution in [0.4, 0.5) is 33.3 Å². The summed E-state index contributed by atoms with van der Waals surface area (Å²) < 4.78 is 66.4. The van der Waals surface area contributed by atoms with Crippen LogP contribution in [0, 0.1) is 47.3 Å². The maximum absolute atomic E-state index is 13.6. The molecule has 0 aliphatic heterocycles. The van der Waals surface area contributed by atoms with Crippen LogP contribution in [-0.2, 0) is 0 Å². The van der Waals surface area contributed by atoms with Crippen LogP contribution in [0.25, 0.3) is 0 Å². The summed E-state index contributed by atoms with van der Waals surface area (Å²) in [6.07, 6.45) is 0. The fourth-order valence-corrected chi connectivity index (χ4v) is 1.77. The van der Waals surface area contributed by atoms with E-state index in [2.05, 4.69) is 5.32 Å². The summed E-state index contributed by atoms with van der Waals surface area (Å²) in [4.78, 5) is 0. The molecule has 0 spiro atoms.